The third-order valence-electron chi connectivity index (χ3n) is 3.87. The summed E-state index contributed by atoms with van der Waals surface area (Å²) in [5.74, 6) is 0.607. The molecule has 0 radical (unpaired) electrons. The van der Waals surface area contributed by atoms with Crippen LogP contribution in [0.25, 0.3) is 0 Å². The van der Waals surface area contributed by atoms with Crippen molar-refractivity contribution < 1.29 is 22.6 Å². The van der Waals surface area contributed by atoms with Crippen LogP contribution in [0.15, 0.2) is 53.4 Å². The highest BCUT2D eigenvalue weighted by atomic mass is 32.2. The highest BCUT2D eigenvalue weighted by molar-refractivity contribution is 7.89. The Balaban J connectivity index is 1.96. The number of ether oxygens (including phenoxy) is 3. The predicted octanol–water partition coefficient (Wildman–Crippen LogP) is 3.12. The Labute approximate surface area is 161 Å². The van der Waals surface area contributed by atoms with E-state index in [2.05, 4.69) is 4.72 Å². The zero-order valence-electron chi connectivity index (χ0n) is 15.8. The Bertz CT molecular complexity index is 790. The van der Waals surface area contributed by atoms with Crippen molar-refractivity contribution in [3.63, 3.8) is 0 Å². The lowest BCUT2D eigenvalue weighted by molar-refractivity contribution is 0.110. The van der Waals surface area contributed by atoms with Gasteiger partial charge in [0.25, 0.3) is 0 Å². The van der Waals surface area contributed by atoms with Gasteiger partial charge in [0, 0.05) is 19.8 Å². The van der Waals surface area contributed by atoms with Gasteiger partial charge in [-0.25, -0.2) is 13.1 Å². The molecule has 2 aromatic rings. The first-order chi connectivity index (χ1) is 13.1. The second-order valence-electron chi connectivity index (χ2n) is 5.75. The summed E-state index contributed by atoms with van der Waals surface area (Å²) in [6, 6.07) is 14.0. The van der Waals surface area contributed by atoms with Crippen LogP contribution in [0.5, 0.6) is 5.75 Å². The summed E-state index contributed by atoms with van der Waals surface area (Å²) in [4.78, 5) is 0.196. The van der Waals surface area contributed by atoms with Crippen LogP contribution in [0.1, 0.15) is 25.0 Å². The van der Waals surface area contributed by atoms with Crippen LogP contribution in [0.3, 0.4) is 0 Å². The molecule has 0 saturated heterocycles. The quantitative estimate of drug-likeness (QED) is 0.561. The monoisotopic (exact) mass is 393 g/mol. The normalized spacial score (nSPS) is 11.5. The van der Waals surface area contributed by atoms with E-state index < -0.39 is 10.0 Å². The first kappa shape index (κ1) is 21.4. The van der Waals surface area contributed by atoms with E-state index in [4.69, 9.17) is 14.2 Å². The first-order valence-electron chi connectivity index (χ1n) is 9.01. The van der Waals surface area contributed by atoms with E-state index in [1.165, 1.54) is 12.1 Å². The minimum atomic E-state index is -3.61. The van der Waals surface area contributed by atoms with E-state index in [-0.39, 0.29) is 11.4 Å². The van der Waals surface area contributed by atoms with Crippen LogP contribution in [0.2, 0.25) is 0 Å². The SMILES string of the molecule is CCOCCOc1ccc(S(=O)(=O)NCc2ccccc2COCC)cc1. The zero-order chi connectivity index (χ0) is 19.5. The first-order valence-corrected chi connectivity index (χ1v) is 10.5. The van der Waals surface area contributed by atoms with Crippen molar-refractivity contribution in [3.05, 3.63) is 59.7 Å². The van der Waals surface area contributed by atoms with Crippen molar-refractivity contribution >= 4 is 10.0 Å². The third-order valence-corrected chi connectivity index (χ3v) is 5.28. The van der Waals surface area contributed by atoms with Gasteiger partial charge in [-0.15, -0.1) is 0 Å². The maximum Gasteiger partial charge on any atom is 0.240 e. The standard InChI is InChI=1S/C20H27NO5S/c1-3-24-13-14-26-19-9-11-20(12-10-19)27(22,23)21-15-17-7-5-6-8-18(17)16-25-4-2/h5-12,21H,3-4,13-16H2,1-2H3. The van der Waals surface area contributed by atoms with Crippen molar-refractivity contribution in [2.45, 2.75) is 31.9 Å². The lowest BCUT2D eigenvalue weighted by atomic mass is 10.1. The molecule has 0 aliphatic heterocycles. The molecule has 7 heteroatoms. The predicted molar refractivity (Wildman–Crippen MR) is 104 cm³/mol. The van der Waals surface area contributed by atoms with Gasteiger partial charge in [-0.1, -0.05) is 24.3 Å². The molecule has 0 aliphatic rings. The van der Waals surface area contributed by atoms with Crippen molar-refractivity contribution in [2.75, 3.05) is 26.4 Å². The fourth-order valence-corrected chi connectivity index (χ4v) is 3.42. The number of sulfonamides is 1. The largest absolute Gasteiger partial charge is 0.491 e. The Morgan fingerprint density at radius 3 is 2.19 bits per heavy atom. The summed E-state index contributed by atoms with van der Waals surface area (Å²) in [5, 5.41) is 0. The third kappa shape index (κ3) is 6.95. The van der Waals surface area contributed by atoms with E-state index >= 15 is 0 Å². The van der Waals surface area contributed by atoms with Crippen LogP contribution in [0, 0.1) is 0 Å². The van der Waals surface area contributed by atoms with E-state index in [1.54, 1.807) is 12.1 Å². The molecule has 27 heavy (non-hydrogen) atoms. The van der Waals surface area contributed by atoms with Crippen molar-refractivity contribution in [2.24, 2.45) is 0 Å². The molecule has 0 fully saturated rings. The van der Waals surface area contributed by atoms with Gasteiger partial charge < -0.3 is 14.2 Å². The van der Waals surface area contributed by atoms with Gasteiger partial charge >= 0.3 is 0 Å². The van der Waals surface area contributed by atoms with E-state index in [0.717, 1.165) is 11.1 Å². The van der Waals surface area contributed by atoms with Gasteiger partial charge in [-0.05, 0) is 49.2 Å². The molecular formula is C20H27NO5S. The van der Waals surface area contributed by atoms with Crippen molar-refractivity contribution in [1.82, 2.24) is 4.72 Å². The molecule has 148 valence electrons. The number of hydrogen-bond donors (Lipinski definition) is 1. The zero-order valence-corrected chi connectivity index (χ0v) is 16.6. The molecule has 0 atom stereocenters. The lowest BCUT2D eigenvalue weighted by Gasteiger charge is -2.12. The summed E-state index contributed by atoms with van der Waals surface area (Å²) >= 11 is 0. The molecule has 0 heterocycles. The average molecular weight is 394 g/mol. The van der Waals surface area contributed by atoms with Crippen LogP contribution >= 0.6 is 0 Å². The average Bonchev–Trinajstić information content (AvgIpc) is 2.69. The fraction of sp³-hybridized carbons (Fsp3) is 0.400. The maximum absolute atomic E-state index is 12.5. The van der Waals surface area contributed by atoms with Crippen molar-refractivity contribution in [1.29, 1.82) is 0 Å². The van der Waals surface area contributed by atoms with Gasteiger partial charge in [-0.2, -0.15) is 0 Å². The Morgan fingerprint density at radius 2 is 1.52 bits per heavy atom. The molecule has 1 N–H and O–H groups in total. The van der Waals surface area contributed by atoms with Gasteiger partial charge in [-0.3, -0.25) is 0 Å². The minimum absolute atomic E-state index is 0.196. The molecule has 0 aliphatic carbocycles. The number of hydrogen-bond acceptors (Lipinski definition) is 5. The Kier molecular flexibility index (Phi) is 8.74. The summed E-state index contributed by atoms with van der Waals surface area (Å²) in [5.41, 5.74) is 1.87. The molecular weight excluding hydrogens is 366 g/mol. The summed E-state index contributed by atoms with van der Waals surface area (Å²) in [6.07, 6.45) is 0. The summed E-state index contributed by atoms with van der Waals surface area (Å²) < 4.78 is 43.9. The fourth-order valence-electron chi connectivity index (χ4n) is 2.42. The summed E-state index contributed by atoms with van der Waals surface area (Å²) in [6.45, 7) is 6.69. The Morgan fingerprint density at radius 1 is 0.852 bits per heavy atom. The summed E-state index contributed by atoms with van der Waals surface area (Å²) in [7, 11) is -3.61. The van der Waals surface area contributed by atoms with Gasteiger partial charge in [0.15, 0.2) is 0 Å². The molecule has 0 amide bonds. The number of rotatable bonds is 12. The number of benzene rings is 2. The molecule has 6 nitrogen and oxygen atoms in total. The molecule has 2 aromatic carbocycles. The van der Waals surface area contributed by atoms with Gasteiger partial charge in [0.2, 0.25) is 10.0 Å². The van der Waals surface area contributed by atoms with E-state index in [0.29, 0.717) is 38.8 Å². The maximum atomic E-state index is 12.5. The van der Waals surface area contributed by atoms with Crippen LogP contribution in [-0.4, -0.2) is 34.8 Å². The second kappa shape index (κ2) is 11.0. The lowest BCUT2D eigenvalue weighted by Crippen LogP contribution is -2.23. The highest BCUT2D eigenvalue weighted by Gasteiger charge is 2.14. The van der Waals surface area contributed by atoms with Crippen molar-refractivity contribution in [3.8, 4) is 5.75 Å². The van der Waals surface area contributed by atoms with Crippen LogP contribution < -0.4 is 9.46 Å². The van der Waals surface area contributed by atoms with Crippen LogP contribution in [-0.2, 0) is 32.6 Å². The van der Waals surface area contributed by atoms with E-state index in [9.17, 15) is 8.42 Å². The van der Waals surface area contributed by atoms with E-state index in [1.807, 2.05) is 38.1 Å². The topological polar surface area (TPSA) is 73.9 Å². The second-order valence-corrected chi connectivity index (χ2v) is 7.51. The Hall–Kier alpha value is -1.93. The van der Waals surface area contributed by atoms with Gasteiger partial charge in [0.1, 0.15) is 12.4 Å². The number of nitrogens with one attached hydrogen (secondary N) is 1. The highest BCUT2D eigenvalue weighted by Crippen LogP contribution is 2.17. The smallest absolute Gasteiger partial charge is 0.240 e. The molecule has 0 saturated carbocycles. The molecule has 0 unspecified atom stereocenters. The van der Waals surface area contributed by atoms with Gasteiger partial charge in [0.05, 0.1) is 18.1 Å². The van der Waals surface area contributed by atoms with Crippen LogP contribution in [0.4, 0.5) is 0 Å². The molecule has 0 spiro atoms. The minimum Gasteiger partial charge on any atom is -0.491 e. The molecule has 0 bridgehead atoms. The molecule has 0 aromatic heterocycles. The molecule has 2 rings (SSSR count).